The molecular formula is C18H28N2. The standard InChI is InChI=1S/C18H28N2/c1-2-14-7-3-4-11-17(14)20-13-16-9-5-8-15-10-6-12-19-18(15)16/h5,8-9,14,17,19-20H,2-4,6-7,10-13H2,1H3. The lowest BCUT2D eigenvalue weighted by Crippen LogP contribution is -2.38. The molecule has 2 heteroatoms. The second-order valence-corrected chi connectivity index (χ2v) is 6.42. The van der Waals surface area contributed by atoms with Crippen LogP contribution in [0.25, 0.3) is 0 Å². The van der Waals surface area contributed by atoms with Crippen LogP contribution in [0, 0.1) is 5.92 Å². The predicted molar refractivity (Wildman–Crippen MR) is 86.1 cm³/mol. The maximum Gasteiger partial charge on any atom is 0.0418 e. The van der Waals surface area contributed by atoms with Crippen molar-refractivity contribution in [1.29, 1.82) is 0 Å². The Hall–Kier alpha value is -1.02. The van der Waals surface area contributed by atoms with Gasteiger partial charge in [0.05, 0.1) is 0 Å². The fourth-order valence-electron chi connectivity index (χ4n) is 3.93. The number of benzene rings is 1. The fraction of sp³-hybridized carbons (Fsp3) is 0.667. The highest BCUT2D eigenvalue weighted by Crippen LogP contribution is 2.29. The van der Waals surface area contributed by atoms with E-state index in [9.17, 15) is 0 Å². The Labute approximate surface area is 123 Å². The number of rotatable bonds is 4. The molecule has 1 heterocycles. The van der Waals surface area contributed by atoms with Crippen molar-refractivity contribution in [1.82, 2.24) is 5.32 Å². The maximum absolute atomic E-state index is 3.85. The summed E-state index contributed by atoms with van der Waals surface area (Å²) >= 11 is 0. The number of hydrogen-bond donors (Lipinski definition) is 2. The number of nitrogens with one attached hydrogen (secondary N) is 2. The van der Waals surface area contributed by atoms with Gasteiger partial charge < -0.3 is 10.6 Å². The van der Waals surface area contributed by atoms with Crippen LogP contribution in [-0.4, -0.2) is 12.6 Å². The highest BCUT2D eigenvalue weighted by atomic mass is 14.9. The van der Waals surface area contributed by atoms with Gasteiger partial charge in [0.1, 0.15) is 0 Å². The third kappa shape index (κ3) is 3.01. The van der Waals surface area contributed by atoms with Gasteiger partial charge >= 0.3 is 0 Å². The molecule has 0 saturated heterocycles. The zero-order chi connectivity index (χ0) is 13.8. The quantitative estimate of drug-likeness (QED) is 0.862. The molecule has 2 nitrogen and oxygen atoms in total. The molecule has 0 amide bonds. The molecule has 0 spiro atoms. The van der Waals surface area contributed by atoms with Gasteiger partial charge in [-0.25, -0.2) is 0 Å². The van der Waals surface area contributed by atoms with Crippen molar-refractivity contribution in [2.45, 2.75) is 64.5 Å². The number of hydrogen-bond acceptors (Lipinski definition) is 2. The van der Waals surface area contributed by atoms with E-state index in [1.807, 2.05) is 0 Å². The van der Waals surface area contributed by atoms with Crippen LogP contribution in [-0.2, 0) is 13.0 Å². The Morgan fingerprint density at radius 2 is 2.10 bits per heavy atom. The predicted octanol–water partition coefficient (Wildman–Crippen LogP) is 4.10. The normalized spacial score (nSPS) is 25.9. The highest BCUT2D eigenvalue weighted by Gasteiger charge is 2.23. The van der Waals surface area contributed by atoms with Gasteiger partial charge in [-0.2, -0.15) is 0 Å². The first kappa shape index (κ1) is 13.9. The Morgan fingerprint density at radius 3 is 3.00 bits per heavy atom. The van der Waals surface area contributed by atoms with Crippen LogP contribution < -0.4 is 10.6 Å². The lowest BCUT2D eigenvalue weighted by molar-refractivity contribution is 0.254. The Bertz CT molecular complexity index is 441. The van der Waals surface area contributed by atoms with E-state index in [1.165, 1.54) is 61.8 Å². The molecule has 2 N–H and O–H groups in total. The number of fused-ring (bicyclic) bond motifs is 1. The Kier molecular flexibility index (Phi) is 4.62. The van der Waals surface area contributed by atoms with E-state index in [1.54, 1.807) is 0 Å². The molecule has 1 aliphatic heterocycles. The topological polar surface area (TPSA) is 24.1 Å². The van der Waals surface area contributed by atoms with Crippen LogP contribution >= 0.6 is 0 Å². The van der Waals surface area contributed by atoms with Crippen LogP contribution in [0.1, 0.15) is 56.6 Å². The lowest BCUT2D eigenvalue weighted by Gasteiger charge is -2.32. The molecule has 2 aliphatic rings. The van der Waals surface area contributed by atoms with E-state index in [2.05, 4.69) is 35.8 Å². The second kappa shape index (κ2) is 6.62. The number of aryl methyl sites for hydroxylation is 1. The summed E-state index contributed by atoms with van der Waals surface area (Å²) in [7, 11) is 0. The zero-order valence-corrected chi connectivity index (χ0v) is 12.8. The smallest absolute Gasteiger partial charge is 0.0418 e. The molecule has 1 aromatic carbocycles. The SMILES string of the molecule is CCC1CCCCC1NCc1cccc2c1NCCC2. The zero-order valence-electron chi connectivity index (χ0n) is 12.8. The van der Waals surface area contributed by atoms with Gasteiger partial charge in [-0.1, -0.05) is 44.4 Å². The number of para-hydroxylation sites is 1. The van der Waals surface area contributed by atoms with E-state index < -0.39 is 0 Å². The Balaban J connectivity index is 1.66. The molecule has 110 valence electrons. The minimum atomic E-state index is 0.730. The van der Waals surface area contributed by atoms with Gasteiger partial charge in [0.2, 0.25) is 0 Å². The van der Waals surface area contributed by atoms with Crippen LogP contribution in [0.15, 0.2) is 18.2 Å². The summed E-state index contributed by atoms with van der Waals surface area (Å²) in [6, 6.07) is 7.52. The largest absolute Gasteiger partial charge is 0.385 e. The minimum absolute atomic E-state index is 0.730. The molecule has 1 aliphatic carbocycles. The van der Waals surface area contributed by atoms with Crippen molar-refractivity contribution in [3.05, 3.63) is 29.3 Å². The summed E-state index contributed by atoms with van der Waals surface area (Å²) in [4.78, 5) is 0. The van der Waals surface area contributed by atoms with Gasteiger partial charge in [0, 0.05) is 24.8 Å². The summed E-state index contributed by atoms with van der Waals surface area (Å²) in [6.45, 7) is 4.50. The summed E-state index contributed by atoms with van der Waals surface area (Å²) in [5.74, 6) is 0.885. The molecule has 0 radical (unpaired) electrons. The summed E-state index contributed by atoms with van der Waals surface area (Å²) in [5.41, 5.74) is 4.38. The average molecular weight is 272 g/mol. The van der Waals surface area contributed by atoms with Gasteiger partial charge in [-0.05, 0) is 42.7 Å². The van der Waals surface area contributed by atoms with Gasteiger partial charge in [-0.3, -0.25) is 0 Å². The van der Waals surface area contributed by atoms with Crippen LogP contribution in [0.2, 0.25) is 0 Å². The first-order valence-corrected chi connectivity index (χ1v) is 8.46. The summed E-state index contributed by atoms with van der Waals surface area (Å²) in [5, 5.41) is 7.45. The van der Waals surface area contributed by atoms with Crippen molar-refractivity contribution in [2.24, 2.45) is 5.92 Å². The van der Waals surface area contributed by atoms with Crippen molar-refractivity contribution >= 4 is 5.69 Å². The second-order valence-electron chi connectivity index (χ2n) is 6.42. The van der Waals surface area contributed by atoms with Gasteiger partial charge in [0.15, 0.2) is 0 Å². The van der Waals surface area contributed by atoms with Gasteiger partial charge in [-0.15, -0.1) is 0 Å². The third-order valence-electron chi connectivity index (χ3n) is 5.15. The van der Waals surface area contributed by atoms with Crippen molar-refractivity contribution < 1.29 is 0 Å². The van der Waals surface area contributed by atoms with Crippen molar-refractivity contribution in [3.63, 3.8) is 0 Å². The average Bonchev–Trinajstić information content (AvgIpc) is 2.53. The molecule has 3 rings (SSSR count). The molecule has 1 saturated carbocycles. The first-order valence-electron chi connectivity index (χ1n) is 8.46. The van der Waals surface area contributed by atoms with Crippen molar-refractivity contribution in [2.75, 3.05) is 11.9 Å². The van der Waals surface area contributed by atoms with Crippen LogP contribution in [0.4, 0.5) is 5.69 Å². The fourth-order valence-corrected chi connectivity index (χ4v) is 3.93. The van der Waals surface area contributed by atoms with E-state index in [0.717, 1.165) is 25.0 Å². The summed E-state index contributed by atoms with van der Waals surface area (Å²) < 4.78 is 0. The molecular weight excluding hydrogens is 244 g/mol. The van der Waals surface area contributed by atoms with E-state index in [0.29, 0.717) is 0 Å². The van der Waals surface area contributed by atoms with Crippen LogP contribution in [0.5, 0.6) is 0 Å². The minimum Gasteiger partial charge on any atom is -0.385 e. The molecule has 0 bridgehead atoms. The van der Waals surface area contributed by atoms with Crippen molar-refractivity contribution in [3.8, 4) is 0 Å². The molecule has 20 heavy (non-hydrogen) atoms. The van der Waals surface area contributed by atoms with E-state index in [-0.39, 0.29) is 0 Å². The highest BCUT2D eigenvalue weighted by molar-refractivity contribution is 5.59. The molecule has 2 atom stereocenters. The monoisotopic (exact) mass is 272 g/mol. The third-order valence-corrected chi connectivity index (χ3v) is 5.15. The summed E-state index contributed by atoms with van der Waals surface area (Å²) in [6.07, 6.45) is 9.43. The first-order chi connectivity index (χ1) is 9.88. The van der Waals surface area contributed by atoms with E-state index >= 15 is 0 Å². The molecule has 0 aromatic heterocycles. The number of anilines is 1. The van der Waals surface area contributed by atoms with E-state index in [4.69, 9.17) is 0 Å². The van der Waals surface area contributed by atoms with Gasteiger partial charge in [0.25, 0.3) is 0 Å². The maximum atomic E-state index is 3.85. The Morgan fingerprint density at radius 1 is 1.20 bits per heavy atom. The lowest BCUT2D eigenvalue weighted by atomic mass is 9.83. The molecule has 1 aromatic rings. The van der Waals surface area contributed by atoms with Crippen LogP contribution in [0.3, 0.4) is 0 Å². The molecule has 1 fully saturated rings. The molecule has 2 unspecified atom stereocenters.